The molecule has 0 bridgehead atoms. The van der Waals surface area contributed by atoms with Crippen molar-refractivity contribution in [3.8, 4) is 0 Å². The van der Waals surface area contributed by atoms with Crippen LogP contribution in [0, 0.1) is 5.82 Å². The first kappa shape index (κ1) is 27.8. The Morgan fingerprint density at radius 3 is 2.05 bits per heavy atom. The van der Waals surface area contributed by atoms with Gasteiger partial charge in [0.15, 0.2) is 0 Å². The number of carbonyl (C=O) groups excluding carboxylic acids is 3. The Morgan fingerprint density at radius 2 is 1.46 bits per heavy atom. The van der Waals surface area contributed by atoms with Gasteiger partial charge in [-0.05, 0) is 47.9 Å². The number of nitrogens with zero attached hydrogens (tertiary/aromatic N) is 3. The second kappa shape index (κ2) is 11.5. The number of amides is 3. The summed E-state index contributed by atoms with van der Waals surface area (Å²) in [4.78, 5) is 42.9. The SMILES string of the molecule is O=C1CCC(N2Cc3c(ccc(CN4CCN(C(c5ccc(Cl)cc5)c5ccc(Cl)cc5)CC4)c3F)C2=O)C(=O)N1. The maximum Gasteiger partial charge on any atom is 0.255 e. The lowest BCUT2D eigenvalue weighted by molar-refractivity contribution is -0.136. The van der Waals surface area contributed by atoms with Crippen LogP contribution >= 0.6 is 23.2 Å². The molecule has 2 fully saturated rings. The standard InChI is InChI=1S/C31H29Cl2FN4O3/c32-22-6-1-19(2-7-22)29(20-3-8-23(33)9-4-20)37-15-13-36(14-16-37)17-21-5-10-24-25(28(21)34)18-38(31(24)41)26-11-12-27(39)35-30(26)40/h1-10,26,29H,11-18H2,(H,35,39,40). The van der Waals surface area contributed by atoms with Crippen LogP contribution in [0.1, 0.15) is 51.5 Å². The van der Waals surface area contributed by atoms with Gasteiger partial charge < -0.3 is 4.90 Å². The molecule has 1 atom stereocenters. The number of hydrogen-bond donors (Lipinski definition) is 1. The van der Waals surface area contributed by atoms with E-state index >= 15 is 4.39 Å². The van der Waals surface area contributed by atoms with Crippen molar-refractivity contribution < 1.29 is 18.8 Å². The Kier molecular flexibility index (Phi) is 7.83. The van der Waals surface area contributed by atoms with Crippen LogP contribution in [-0.4, -0.2) is 64.6 Å². The maximum absolute atomic E-state index is 15.7. The molecule has 2 saturated heterocycles. The highest BCUT2D eigenvalue weighted by molar-refractivity contribution is 6.30. The van der Waals surface area contributed by atoms with Crippen molar-refractivity contribution in [1.29, 1.82) is 0 Å². The van der Waals surface area contributed by atoms with Gasteiger partial charge in [0.2, 0.25) is 11.8 Å². The molecule has 212 valence electrons. The minimum absolute atomic E-state index is 0.0256. The number of benzene rings is 3. The highest BCUT2D eigenvalue weighted by Gasteiger charge is 2.40. The highest BCUT2D eigenvalue weighted by atomic mass is 35.5. The molecule has 0 radical (unpaired) electrons. The number of piperazine rings is 1. The molecule has 3 aromatic rings. The van der Waals surface area contributed by atoms with Crippen molar-refractivity contribution in [2.75, 3.05) is 26.2 Å². The second-order valence-corrected chi connectivity index (χ2v) is 11.7. The van der Waals surface area contributed by atoms with E-state index in [-0.39, 0.29) is 42.8 Å². The van der Waals surface area contributed by atoms with E-state index in [1.165, 1.54) is 4.90 Å². The average Bonchev–Trinajstić information content (AvgIpc) is 3.30. The second-order valence-electron chi connectivity index (χ2n) is 10.8. The third-order valence-electron chi connectivity index (χ3n) is 8.27. The summed E-state index contributed by atoms with van der Waals surface area (Å²) in [6.45, 7) is 3.50. The summed E-state index contributed by atoms with van der Waals surface area (Å²) in [5.41, 5.74) is 3.41. The van der Waals surface area contributed by atoms with Gasteiger partial charge in [-0.15, -0.1) is 0 Å². The molecule has 1 N–H and O–H groups in total. The van der Waals surface area contributed by atoms with E-state index in [1.807, 2.05) is 48.5 Å². The van der Waals surface area contributed by atoms with Crippen LogP contribution in [-0.2, 0) is 22.7 Å². The van der Waals surface area contributed by atoms with E-state index in [1.54, 1.807) is 12.1 Å². The summed E-state index contributed by atoms with van der Waals surface area (Å²) in [5.74, 6) is -1.62. The van der Waals surface area contributed by atoms with Crippen LogP contribution in [0.4, 0.5) is 4.39 Å². The average molecular weight is 596 g/mol. The van der Waals surface area contributed by atoms with Crippen LogP contribution in [0.5, 0.6) is 0 Å². The molecule has 7 nitrogen and oxygen atoms in total. The number of nitrogens with one attached hydrogen (secondary N) is 1. The third-order valence-corrected chi connectivity index (χ3v) is 8.77. The van der Waals surface area contributed by atoms with Gasteiger partial charge in [-0.1, -0.05) is 53.5 Å². The molecule has 41 heavy (non-hydrogen) atoms. The van der Waals surface area contributed by atoms with Crippen LogP contribution in [0.3, 0.4) is 0 Å². The molecule has 3 heterocycles. The summed E-state index contributed by atoms with van der Waals surface area (Å²) in [7, 11) is 0. The molecule has 3 aliphatic rings. The zero-order valence-electron chi connectivity index (χ0n) is 22.3. The molecule has 0 saturated carbocycles. The molecule has 1 unspecified atom stereocenters. The molecule has 0 aliphatic carbocycles. The molecular formula is C31H29Cl2FN4O3. The summed E-state index contributed by atoms with van der Waals surface area (Å²) < 4.78 is 15.7. The normalized spacial score (nSPS) is 20.0. The van der Waals surface area contributed by atoms with Gasteiger partial charge in [0, 0.05) is 65.9 Å². The Hall–Kier alpha value is -3.30. The number of halogens is 3. The number of hydrogen-bond acceptors (Lipinski definition) is 5. The van der Waals surface area contributed by atoms with Crippen LogP contribution in [0.2, 0.25) is 10.0 Å². The lowest BCUT2D eigenvalue weighted by atomic mass is 9.96. The molecule has 0 aromatic heterocycles. The first-order chi connectivity index (χ1) is 19.8. The van der Waals surface area contributed by atoms with E-state index in [0.29, 0.717) is 27.7 Å². The molecule has 3 aromatic carbocycles. The first-order valence-electron chi connectivity index (χ1n) is 13.7. The minimum atomic E-state index is -0.766. The van der Waals surface area contributed by atoms with Crippen LogP contribution < -0.4 is 5.32 Å². The largest absolute Gasteiger partial charge is 0.322 e. The number of fused-ring (bicyclic) bond motifs is 1. The van der Waals surface area contributed by atoms with E-state index < -0.39 is 17.8 Å². The molecule has 3 amide bonds. The van der Waals surface area contributed by atoms with Crippen molar-refractivity contribution in [3.63, 3.8) is 0 Å². The molecular weight excluding hydrogens is 566 g/mol. The van der Waals surface area contributed by atoms with Crippen molar-refractivity contribution in [1.82, 2.24) is 20.0 Å². The van der Waals surface area contributed by atoms with Gasteiger partial charge in [-0.25, -0.2) is 4.39 Å². The smallest absolute Gasteiger partial charge is 0.255 e. The fourth-order valence-corrected chi connectivity index (χ4v) is 6.35. The molecule has 10 heteroatoms. The van der Waals surface area contributed by atoms with Gasteiger partial charge >= 0.3 is 0 Å². The van der Waals surface area contributed by atoms with E-state index in [2.05, 4.69) is 15.1 Å². The summed E-state index contributed by atoms with van der Waals surface area (Å²) in [6.07, 6.45) is 0.406. The Balaban J connectivity index is 1.14. The first-order valence-corrected chi connectivity index (χ1v) is 14.5. The lowest BCUT2D eigenvalue weighted by Crippen LogP contribution is -2.52. The molecule has 0 spiro atoms. The fourth-order valence-electron chi connectivity index (χ4n) is 6.10. The van der Waals surface area contributed by atoms with Crippen molar-refractivity contribution >= 4 is 40.9 Å². The quantitative estimate of drug-likeness (QED) is 0.415. The third kappa shape index (κ3) is 5.62. The van der Waals surface area contributed by atoms with Gasteiger partial charge in [-0.3, -0.25) is 29.5 Å². The predicted molar refractivity (Wildman–Crippen MR) is 154 cm³/mol. The Bertz CT molecular complexity index is 1440. The fraction of sp³-hybridized carbons (Fsp3) is 0.323. The van der Waals surface area contributed by atoms with Crippen molar-refractivity contribution in [2.24, 2.45) is 0 Å². The van der Waals surface area contributed by atoms with E-state index in [0.717, 1.165) is 37.3 Å². The van der Waals surface area contributed by atoms with E-state index in [9.17, 15) is 14.4 Å². The highest BCUT2D eigenvalue weighted by Crippen LogP contribution is 2.33. The number of carbonyl (C=O) groups is 3. The van der Waals surface area contributed by atoms with Crippen LogP contribution in [0.15, 0.2) is 60.7 Å². The number of rotatable bonds is 6. The summed E-state index contributed by atoms with van der Waals surface area (Å²) >= 11 is 12.3. The lowest BCUT2D eigenvalue weighted by Gasteiger charge is -2.40. The van der Waals surface area contributed by atoms with Gasteiger partial charge in [-0.2, -0.15) is 0 Å². The topological polar surface area (TPSA) is 73.0 Å². The zero-order valence-corrected chi connectivity index (χ0v) is 23.8. The van der Waals surface area contributed by atoms with Crippen molar-refractivity contribution in [2.45, 2.75) is 38.0 Å². The predicted octanol–water partition coefficient (Wildman–Crippen LogP) is 4.80. The molecule has 3 aliphatic heterocycles. The maximum atomic E-state index is 15.7. The Morgan fingerprint density at radius 1 is 0.854 bits per heavy atom. The Labute approximate surface area is 247 Å². The zero-order chi connectivity index (χ0) is 28.7. The van der Waals surface area contributed by atoms with Gasteiger partial charge in [0.05, 0.1) is 12.6 Å². The van der Waals surface area contributed by atoms with Gasteiger partial charge in [0.25, 0.3) is 5.91 Å². The number of piperidine rings is 1. The van der Waals surface area contributed by atoms with Crippen LogP contribution in [0.25, 0.3) is 0 Å². The summed E-state index contributed by atoms with van der Waals surface area (Å²) in [5, 5.41) is 3.66. The van der Waals surface area contributed by atoms with Crippen molar-refractivity contribution in [3.05, 3.63) is 104 Å². The molecule has 6 rings (SSSR count). The van der Waals surface area contributed by atoms with E-state index in [4.69, 9.17) is 23.2 Å². The monoisotopic (exact) mass is 594 g/mol. The number of imide groups is 1. The summed E-state index contributed by atoms with van der Waals surface area (Å²) in [6, 6.07) is 18.4. The minimum Gasteiger partial charge on any atom is -0.322 e. The van der Waals surface area contributed by atoms with Gasteiger partial charge in [0.1, 0.15) is 11.9 Å².